The molecule has 0 saturated heterocycles. The van der Waals surface area contributed by atoms with Gasteiger partial charge in [0.05, 0.1) is 23.7 Å². The highest BCUT2D eigenvalue weighted by molar-refractivity contribution is 5.90. The van der Waals surface area contributed by atoms with Gasteiger partial charge in [-0.3, -0.25) is 0 Å². The highest BCUT2D eigenvalue weighted by Crippen LogP contribution is 2.34. The molecule has 0 atom stereocenters. The molecule has 0 unspecified atom stereocenters. The molecule has 3 aromatic rings. The number of nitrogens with one attached hydrogen (secondary N) is 1. The van der Waals surface area contributed by atoms with Crippen LogP contribution in [0.5, 0.6) is 0 Å². The van der Waals surface area contributed by atoms with Gasteiger partial charge in [0.15, 0.2) is 0 Å². The van der Waals surface area contributed by atoms with Crippen LogP contribution in [-0.2, 0) is 0 Å². The van der Waals surface area contributed by atoms with Crippen LogP contribution in [0.3, 0.4) is 0 Å². The zero-order valence-electron chi connectivity index (χ0n) is 12.6. The third kappa shape index (κ3) is 2.40. The molecule has 0 aromatic carbocycles. The van der Waals surface area contributed by atoms with E-state index in [1.54, 1.807) is 18.6 Å². The van der Waals surface area contributed by atoms with E-state index in [0.29, 0.717) is 5.92 Å². The molecular formula is C17H16N6. The summed E-state index contributed by atoms with van der Waals surface area (Å²) in [6.07, 6.45) is 13.5. The molecule has 0 bridgehead atoms. The lowest BCUT2D eigenvalue weighted by Crippen LogP contribution is -2.06. The fraction of sp³-hybridized carbons (Fsp3) is 0.294. The summed E-state index contributed by atoms with van der Waals surface area (Å²) in [6, 6.07) is 4.13. The van der Waals surface area contributed by atoms with Gasteiger partial charge in [0.2, 0.25) is 0 Å². The Balaban J connectivity index is 1.75. The Labute approximate surface area is 133 Å². The first kappa shape index (κ1) is 13.7. The fourth-order valence-corrected chi connectivity index (χ4v) is 3.35. The third-order valence-corrected chi connectivity index (χ3v) is 4.46. The van der Waals surface area contributed by atoms with Crippen molar-refractivity contribution >= 4 is 16.7 Å². The molecule has 1 saturated carbocycles. The smallest absolute Gasteiger partial charge is 0.141 e. The van der Waals surface area contributed by atoms with Gasteiger partial charge >= 0.3 is 0 Å². The van der Waals surface area contributed by atoms with Crippen molar-refractivity contribution in [3.63, 3.8) is 0 Å². The number of fused-ring (bicyclic) bond motifs is 1. The first-order chi connectivity index (χ1) is 11.4. The van der Waals surface area contributed by atoms with E-state index in [2.05, 4.69) is 26.1 Å². The van der Waals surface area contributed by atoms with Crippen molar-refractivity contribution < 1.29 is 0 Å². The molecule has 6 nitrogen and oxygen atoms in total. The van der Waals surface area contributed by atoms with Gasteiger partial charge in [-0.15, -0.1) is 0 Å². The average Bonchev–Trinajstić information content (AvgIpc) is 3.32. The Morgan fingerprint density at radius 2 is 2.22 bits per heavy atom. The first-order valence-corrected chi connectivity index (χ1v) is 7.80. The molecule has 0 amide bonds. The van der Waals surface area contributed by atoms with Gasteiger partial charge in [-0.05, 0) is 18.9 Å². The second-order valence-electron chi connectivity index (χ2n) is 5.82. The van der Waals surface area contributed by atoms with E-state index in [9.17, 15) is 0 Å². The minimum atomic E-state index is 0.417. The molecule has 0 radical (unpaired) electrons. The standard InChI is InChI=1S/C17H16N6/c18-7-5-15(12-3-1-2-4-12)23-10-13(9-22-23)16-14-6-8-19-17(14)21-11-20-16/h5-6,8-12H,1-4H2,(H,19,20,21)/b15-5-. The second-order valence-corrected chi connectivity index (χ2v) is 5.82. The Morgan fingerprint density at radius 3 is 3.04 bits per heavy atom. The number of nitriles is 1. The van der Waals surface area contributed by atoms with E-state index in [0.717, 1.165) is 40.8 Å². The van der Waals surface area contributed by atoms with Crippen molar-refractivity contribution in [2.45, 2.75) is 25.7 Å². The molecule has 0 spiro atoms. The van der Waals surface area contributed by atoms with Gasteiger partial charge in [0.1, 0.15) is 12.0 Å². The van der Waals surface area contributed by atoms with E-state index in [1.165, 1.54) is 12.8 Å². The minimum Gasteiger partial charge on any atom is -0.346 e. The Hall–Kier alpha value is -2.94. The maximum absolute atomic E-state index is 9.10. The lowest BCUT2D eigenvalue weighted by atomic mass is 10.0. The van der Waals surface area contributed by atoms with E-state index in [1.807, 2.05) is 23.1 Å². The number of H-pyrrole nitrogens is 1. The molecule has 0 aliphatic heterocycles. The number of aromatic nitrogens is 5. The van der Waals surface area contributed by atoms with Crippen LogP contribution in [0.1, 0.15) is 25.7 Å². The van der Waals surface area contributed by atoms with Crippen LogP contribution in [0.25, 0.3) is 28.0 Å². The maximum atomic E-state index is 9.10. The molecule has 114 valence electrons. The van der Waals surface area contributed by atoms with Crippen molar-refractivity contribution in [1.82, 2.24) is 24.7 Å². The first-order valence-electron chi connectivity index (χ1n) is 7.80. The van der Waals surface area contributed by atoms with Crippen molar-refractivity contribution in [3.8, 4) is 17.3 Å². The van der Waals surface area contributed by atoms with Gasteiger partial charge < -0.3 is 4.98 Å². The van der Waals surface area contributed by atoms with Crippen molar-refractivity contribution in [1.29, 1.82) is 5.26 Å². The van der Waals surface area contributed by atoms with Crippen molar-refractivity contribution in [3.05, 3.63) is 37.1 Å². The number of hydrogen-bond acceptors (Lipinski definition) is 4. The summed E-state index contributed by atoms with van der Waals surface area (Å²) >= 11 is 0. The lowest BCUT2D eigenvalue weighted by Gasteiger charge is -2.13. The number of nitrogens with zero attached hydrogens (tertiary/aromatic N) is 5. The number of aromatic amines is 1. The normalized spacial score (nSPS) is 16.0. The van der Waals surface area contributed by atoms with Gasteiger partial charge in [-0.1, -0.05) is 12.8 Å². The Bertz CT molecular complexity index is 904. The summed E-state index contributed by atoms with van der Waals surface area (Å²) in [6.45, 7) is 0. The molecule has 4 rings (SSSR count). The summed E-state index contributed by atoms with van der Waals surface area (Å²) in [7, 11) is 0. The summed E-state index contributed by atoms with van der Waals surface area (Å²) in [5, 5.41) is 14.5. The quantitative estimate of drug-likeness (QED) is 0.752. The second kappa shape index (κ2) is 5.69. The number of rotatable bonds is 3. The number of allylic oxidation sites excluding steroid dienone is 2. The molecule has 1 fully saturated rings. The largest absolute Gasteiger partial charge is 0.346 e. The molecule has 1 N–H and O–H groups in total. The predicted octanol–water partition coefficient (Wildman–Crippen LogP) is 3.38. The van der Waals surface area contributed by atoms with E-state index < -0.39 is 0 Å². The molecule has 3 heterocycles. The molecular weight excluding hydrogens is 288 g/mol. The summed E-state index contributed by atoms with van der Waals surface area (Å²) in [5.41, 5.74) is 3.58. The van der Waals surface area contributed by atoms with Gasteiger partial charge in [-0.25, -0.2) is 14.6 Å². The van der Waals surface area contributed by atoms with Crippen LogP contribution in [0.15, 0.2) is 37.1 Å². The van der Waals surface area contributed by atoms with Crippen LogP contribution in [0.4, 0.5) is 0 Å². The third-order valence-electron chi connectivity index (χ3n) is 4.46. The molecule has 23 heavy (non-hydrogen) atoms. The minimum absolute atomic E-state index is 0.417. The highest BCUT2D eigenvalue weighted by Gasteiger charge is 2.22. The van der Waals surface area contributed by atoms with Crippen molar-refractivity contribution in [2.24, 2.45) is 5.92 Å². The van der Waals surface area contributed by atoms with E-state index in [4.69, 9.17) is 5.26 Å². The van der Waals surface area contributed by atoms with Crippen molar-refractivity contribution in [2.75, 3.05) is 0 Å². The topological polar surface area (TPSA) is 83.2 Å². The summed E-state index contributed by atoms with van der Waals surface area (Å²) in [4.78, 5) is 11.7. The molecule has 3 aromatic heterocycles. The molecule has 1 aliphatic rings. The SMILES string of the molecule is N#C/C=C(/C1CCCC1)n1cc(-c2ncnc3[nH]ccc23)cn1. The molecule has 6 heteroatoms. The highest BCUT2D eigenvalue weighted by atomic mass is 15.3. The number of hydrogen-bond donors (Lipinski definition) is 1. The maximum Gasteiger partial charge on any atom is 0.141 e. The van der Waals surface area contributed by atoms with Crippen LogP contribution >= 0.6 is 0 Å². The zero-order chi connectivity index (χ0) is 15.6. The average molecular weight is 304 g/mol. The summed E-state index contributed by atoms with van der Waals surface area (Å²) in [5.74, 6) is 0.417. The zero-order valence-corrected chi connectivity index (χ0v) is 12.6. The fourth-order valence-electron chi connectivity index (χ4n) is 3.35. The Morgan fingerprint density at radius 1 is 1.35 bits per heavy atom. The summed E-state index contributed by atoms with van der Waals surface area (Å²) < 4.78 is 1.83. The van der Waals surface area contributed by atoms with Crippen LogP contribution in [0.2, 0.25) is 0 Å². The van der Waals surface area contributed by atoms with E-state index >= 15 is 0 Å². The van der Waals surface area contributed by atoms with Crippen LogP contribution in [-0.4, -0.2) is 24.7 Å². The lowest BCUT2D eigenvalue weighted by molar-refractivity contribution is 0.649. The monoisotopic (exact) mass is 304 g/mol. The van der Waals surface area contributed by atoms with Gasteiger partial charge in [-0.2, -0.15) is 10.4 Å². The molecule has 1 aliphatic carbocycles. The van der Waals surface area contributed by atoms with Gasteiger partial charge in [0, 0.05) is 35.3 Å². The predicted molar refractivity (Wildman–Crippen MR) is 87.0 cm³/mol. The van der Waals surface area contributed by atoms with Crippen LogP contribution < -0.4 is 0 Å². The Kier molecular flexibility index (Phi) is 3.39. The van der Waals surface area contributed by atoms with Crippen LogP contribution in [0, 0.1) is 17.2 Å². The van der Waals surface area contributed by atoms with Gasteiger partial charge in [0.25, 0.3) is 0 Å². The van der Waals surface area contributed by atoms with E-state index in [-0.39, 0.29) is 0 Å².